The average Bonchev–Trinajstić information content (AvgIpc) is 2.80. The first-order valence-corrected chi connectivity index (χ1v) is 10.6. The maximum Gasteiger partial charge on any atom is 0.314 e. The molecule has 2 saturated carbocycles. The highest BCUT2D eigenvalue weighted by atomic mass is 16.6. The van der Waals surface area contributed by atoms with Gasteiger partial charge in [0, 0.05) is 17.9 Å². The molecule has 0 N–H and O–H groups in total. The fourth-order valence-corrected chi connectivity index (χ4v) is 4.17. The van der Waals surface area contributed by atoms with E-state index in [1.807, 2.05) is 0 Å². The highest BCUT2D eigenvalue weighted by Gasteiger charge is 2.29. The number of hydrogen-bond acceptors (Lipinski definition) is 7. The predicted molar refractivity (Wildman–Crippen MR) is 107 cm³/mol. The Kier molecular flexibility index (Phi) is 7.60. The third kappa shape index (κ3) is 5.46. The summed E-state index contributed by atoms with van der Waals surface area (Å²) in [6.45, 7) is 0. The van der Waals surface area contributed by atoms with Crippen LogP contribution >= 0.6 is 0 Å². The molecule has 0 aliphatic heterocycles. The minimum absolute atomic E-state index is 0.0334. The second-order valence-electron chi connectivity index (χ2n) is 8.15. The Morgan fingerprint density at radius 3 is 1.73 bits per heavy atom. The highest BCUT2D eigenvalue weighted by Crippen LogP contribution is 2.35. The van der Waals surface area contributed by atoms with Crippen LogP contribution in [0.3, 0.4) is 0 Å². The number of carbonyl (C=O) groups is 4. The molecule has 0 heterocycles. The Morgan fingerprint density at radius 1 is 0.767 bits per heavy atom. The summed E-state index contributed by atoms with van der Waals surface area (Å²) in [5.41, 5.74) is 0. The molecule has 0 amide bonds. The zero-order valence-electron chi connectivity index (χ0n) is 17.2. The van der Waals surface area contributed by atoms with Crippen LogP contribution in [0.25, 0.3) is 0 Å². The average molecular weight is 416 g/mol. The largest absolute Gasteiger partial charge is 0.493 e. The van der Waals surface area contributed by atoms with Crippen LogP contribution in [0.1, 0.15) is 51.4 Å². The van der Waals surface area contributed by atoms with E-state index in [1.165, 1.54) is 13.2 Å². The lowest BCUT2D eigenvalue weighted by Gasteiger charge is -2.24. The van der Waals surface area contributed by atoms with Gasteiger partial charge < -0.3 is 23.8 Å². The first kappa shape index (κ1) is 22.0. The van der Waals surface area contributed by atoms with E-state index < -0.39 is 0 Å². The van der Waals surface area contributed by atoms with Crippen molar-refractivity contribution >= 4 is 24.5 Å². The highest BCUT2D eigenvalue weighted by molar-refractivity contribution is 5.77. The number of hydrogen-bond donors (Lipinski definition) is 0. The summed E-state index contributed by atoms with van der Waals surface area (Å²) >= 11 is 0. The molecular weight excluding hydrogens is 388 g/mol. The van der Waals surface area contributed by atoms with Gasteiger partial charge in [0.1, 0.15) is 18.3 Å². The van der Waals surface area contributed by atoms with Gasteiger partial charge in [-0.3, -0.25) is 9.59 Å². The molecule has 2 aliphatic carbocycles. The third-order valence-electron chi connectivity index (χ3n) is 6.16. The van der Waals surface area contributed by atoms with Gasteiger partial charge in [-0.25, -0.2) is 0 Å². The van der Waals surface area contributed by atoms with Gasteiger partial charge >= 0.3 is 11.9 Å². The molecule has 7 heteroatoms. The minimum Gasteiger partial charge on any atom is -0.493 e. The SMILES string of the molecule is COc1cc(OC(=O)C2CCC(C=O)CC2)ccc1OC(=O)C1CCC(C=O)CC1. The Balaban J connectivity index is 1.58. The first-order chi connectivity index (χ1) is 14.5. The fraction of sp³-hybridized carbons (Fsp3) is 0.565. The van der Waals surface area contributed by atoms with Crippen molar-refractivity contribution in [3.8, 4) is 17.2 Å². The number of rotatable bonds is 7. The van der Waals surface area contributed by atoms with Gasteiger partial charge in [-0.05, 0) is 63.5 Å². The Hall–Kier alpha value is -2.70. The van der Waals surface area contributed by atoms with Crippen molar-refractivity contribution in [2.75, 3.05) is 7.11 Å². The van der Waals surface area contributed by atoms with Crippen LogP contribution in [0, 0.1) is 23.7 Å². The fourth-order valence-electron chi connectivity index (χ4n) is 4.17. The lowest BCUT2D eigenvalue weighted by molar-refractivity contribution is -0.141. The normalized spacial score (nSPS) is 26.3. The third-order valence-corrected chi connectivity index (χ3v) is 6.16. The summed E-state index contributed by atoms with van der Waals surface area (Å²) in [5.74, 6) is -0.141. The molecule has 7 nitrogen and oxygen atoms in total. The summed E-state index contributed by atoms with van der Waals surface area (Å²) in [6, 6.07) is 4.66. The molecule has 0 saturated heterocycles. The molecule has 0 bridgehead atoms. The molecule has 1 aromatic carbocycles. The van der Waals surface area contributed by atoms with Crippen molar-refractivity contribution < 1.29 is 33.4 Å². The van der Waals surface area contributed by atoms with E-state index in [0.29, 0.717) is 62.9 Å². The van der Waals surface area contributed by atoms with Crippen molar-refractivity contribution in [3.63, 3.8) is 0 Å². The topological polar surface area (TPSA) is 96.0 Å². The number of carbonyl (C=O) groups excluding carboxylic acids is 4. The van der Waals surface area contributed by atoms with Gasteiger partial charge in [-0.2, -0.15) is 0 Å². The molecular formula is C23H28O7. The molecule has 0 spiro atoms. The van der Waals surface area contributed by atoms with Crippen LogP contribution in [0.15, 0.2) is 18.2 Å². The minimum atomic E-state index is -0.339. The zero-order chi connectivity index (χ0) is 21.5. The van der Waals surface area contributed by atoms with E-state index >= 15 is 0 Å². The van der Waals surface area contributed by atoms with Crippen molar-refractivity contribution in [2.45, 2.75) is 51.4 Å². The maximum atomic E-state index is 12.5. The monoisotopic (exact) mass is 416 g/mol. The van der Waals surface area contributed by atoms with Crippen LogP contribution in [-0.4, -0.2) is 31.6 Å². The van der Waals surface area contributed by atoms with Crippen LogP contribution in [0.4, 0.5) is 0 Å². The molecule has 0 aromatic heterocycles. The van der Waals surface area contributed by atoms with E-state index in [0.717, 1.165) is 12.6 Å². The molecule has 3 rings (SSSR count). The summed E-state index contributed by atoms with van der Waals surface area (Å²) < 4.78 is 16.3. The molecule has 2 aliphatic rings. The van der Waals surface area contributed by atoms with Gasteiger partial charge in [-0.1, -0.05) is 0 Å². The quantitative estimate of drug-likeness (QED) is 0.381. The lowest BCUT2D eigenvalue weighted by Crippen LogP contribution is -2.26. The number of methoxy groups -OCH3 is 1. The summed E-state index contributed by atoms with van der Waals surface area (Å²) in [7, 11) is 1.45. The van der Waals surface area contributed by atoms with Crippen molar-refractivity contribution in [1.82, 2.24) is 0 Å². The van der Waals surface area contributed by atoms with E-state index in [1.54, 1.807) is 12.1 Å². The molecule has 1 aromatic rings. The van der Waals surface area contributed by atoms with Crippen LogP contribution in [0.5, 0.6) is 17.2 Å². The van der Waals surface area contributed by atoms with Crippen LogP contribution < -0.4 is 14.2 Å². The zero-order valence-corrected chi connectivity index (χ0v) is 17.2. The van der Waals surface area contributed by atoms with E-state index in [-0.39, 0.29) is 41.4 Å². The molecule has 0 atom stereocenters. The van der Waals surface area contributed by atoms with Gasteiger partial charge in [0.2, 0.25) is 0 Å². The van der Waals surface area contributed by atoms with Gasteiger partial charge in [-0.15, -0.1) is 0 Å². The molecule has 162 valence electrons. The van der Waals surface area contributed by atoms with Crippen molar-refractivity contribution in [2.24, 2.45) is 23.7 Å². The number of benzene rings is 1. The number of ether oxygens (including phenoxy) is 3. The Bertz CT molecular complexity index is 772. The van der Waals surface area contributed by atoms with Crippen molar-refractivity contribution in [1.29, 1.82) is 0 Å². The first-order valence-electron chi connectivity index (χ1n) is 10.6. The molecule has 30 heavy (non-hydrogen) atoms. The summed E-state index contributed by atoms with van der Waals surface area (Å²) in [4.78, 5) is 46.6. The van der Waals surface area contributed by atoms with Crippen LogP contribution in [-0.2, 0) is 19.2 Å². The standard InChI is InChI=1S/C23H28O7/c1-28-21-12-19(29-22(26)17-6-2-15(13-24)3-7-17)10-11-20(21)30-23(27)18-8-4-16(14-25)5-9-18/h10-18H,2-9H2,1H3. The number of aldehydes is 2. The Labute approximate surface area is 176 Å². The molecule has 0 unspecified atom stereocenters. The number of esters is 2. The predicted octanol–water partition coefficient (Wildman–Crippen LogP) is 3.52. The second kappa shape index (κ2) is 10.4. The van der Waals surface area contributed by atoms with E-state index in [9.17, 15) is 19.2 Å². The lowest BCUT2D eigenvalue weighted by atomic mass is 9.83. The van der Waals surface area contributed by atoms with Gasteiger partial charge in [0.15, 0.2) is 11.5 Å². The Morgan fingerprint density at radius 2 is 1.27 bits per heavy atom. The summed E-state index contributed by atoms with van der Waals surface area (Å²) in [5, 5.41) is 0. The second-order valence-corrected chi connectivity index (χ2v) is 8.15. The molecule has 2 fully saturated rings. The molecule has 0 radical (unpaired) electrons. The van der Waals surface area contributed by atoms with E-state index in [2.05, 4.69) is 0 Å². The van der Waals surface area contributed by atoms with E-state index in [4.69, 9.17) is 14.2 Å². The smallest absolute Gasteiger partial charge is 0.314 e. The van der Waals surface area contributed by atoms with Crippen molar-refractivity contribution in [3.05, 3.63) is 18.2 Å². The van der Waals surface area contributed by atoms with Crippen LogP contribution in [0.2, 0.25) is 0 Å². The van der Waals surface area contributed by atoms with Gasteiger partial charge in [0.05, 0.1) is 18.9 Å². The summed E-state index contributed by atoms with van der Waals surface area (Å²) in [6.07, 6.45) is 7.27. The maximum absolute atomic E-state index is 12.5. The van der Waals surface area contributed by atoms with Gasteiger partial charge in [0.25, 0.3) is 0 Å².